The lowest BCUT2D eigenvalue weighted by molar-refractivity contribution is 0.800. The maximum absolute atomic E-state index is 3.99. The number of benzene rings is 1. The summed E-state index contributed by atoms with van der Waals surface area (Å²) in [5.41, 5.74) is 3.22. The van der Waals surface area contributed by atoms with E-state index in [2.05, 4.69) is 29.4 Å². The van der Waals surface area contributed by atoms with Crippen LogP contribution in [0.25, 0.3) is 5.69 Å². The molecule has 0 aliphatic rings. The molecule has 1 heterocycles. The molecule has 3 nitrogen and oxygen atoms in total. The summed E-state index contributed by atoms with van der Waals surface area (Å²) in [6, 6.07) is 8.17. The third kappa shape index (κ3) is 1.59. The highest BCUT2D eigenvalue weighted by Crippen LogP contribution is 2.08. The summed E-state index contributed by atoms with van der Waals surface area (Å²) in [5.74, 6) is 0. The smallest absolute Gasteiger partial charge is 0.0800 e. The molecular formula is C10H11N3. The number of hydrogen-bond donors (Lipinski definition) is 0. The molecule has 0 unspecified atom stereocenters. The van der Waals surface area contributed by atoms with Crippen LogP contribution in [0, 0.1) is 13.8 Å². The molecule has 0 bridgehead atoms. The third-order valence-corrected chi connectivity index (χ3v) is 1.87. The van der Waals surface area contributed by atoms with Gasteiger partial charge in [0.15, 0.2) is 0 Å². The maximum Gasteiger partial charge on any atom is 0.0800 e. The van der Waals surface area contributed by atoms with Gasteiger partial charge in [0, 0.05) is 0 Å². The lowest BCUT2D eigenvalue weighted by Gasteiger charge is -1.99. The van der Waals surface area contributed by atoms with Crippen molar-refractivity contribution in [3.63, 3.8) is 0 Å². The second-order valence-corrected chi connectivity index (χ2v) is 3.14. The minimum atomic E-state index is 0.932. The van der Waals surface area contributed by atoms with Gasteiger partial charge in [0.2, 0.25) is 0 Å². The Morgan fingerprint density at radius 1 is 1.23 bits per heavy atom. The van der Waals surface area contributed by atoms with Gasteiger partial charge in [0.1, 0.15) is 0 Å². The van der Waals surface area contributed by atoms with E-state index in [0.29, 0.717) is 0 Å². The Hall–Kier alpha value is -1.64. The second-order valence-electron chi connectivity index (χ2n) is 3.14. The predicted molar refractivity (Wildman–Crippen MR) is 50.8 cm³/mol. The molecule has 1 aromatic heterocycles. The fraction of sp³-hybridized carbons (Fsp3) is 0.200. The Bertz CT molecular complexity index is 418. The zero-order valence-electron chi connectivity index (χ0n) is 7.73. The first-order chi connectivity index (χ1) is 6.25. The highest BCUT2D eigenvalue weighted by Gasteiger charge is 1.98. The minimum Gasteiger partial charge on any atom is -0.220 e. The van der Waals surface area contributed by atoms with Crippen molar-refractivity contribution in [2.24, 2.45) is 0 Å². The number of aromatic nitrogens is 3. The second kappa shape index (κ2) is 3.01. The van der Waals surface area contributed by atoms with Crippen LogP contribution in [0.2, 0.25) is 0 Å². The van der Waals surface area contributed by atoms with E-state index in [9.17, 15) is 0 Å². The first-order valence-corrected chi connectivity index (χ1v) is 4.22. The van der Waals surface area contributed by atoms with Crippen molar-refractivity contribution in [1.82, 2.24) is 15.0 Å². The molecule has 0 aliphatic heterocycles. The largest absolute Gasteiger partial charge is 0.220 e. The van der Waals surface area contributed by atoms with Gasteiger partial charge in [-0.25, -0.2) is 4.68 Å². The molecule has 0 atom stereocenters. The average Bonchev–Trinajstić information content (AvgIpc) is 2.52. The fourth-order valence-corrected chi connectivity index (χ4v) is 1.24. The molecule has 2 aromatic rings. The molecule has 0 saturated heterocycles. The van der Waals surface area contributed by atoms with Crippen LogP contribution in [0.15, 0.2) is 30.5 Å². The van der Waals surface area contributed by atoms with Gasteiger partial charge in [-0.15, -0.1) is 5.10 Å². The Balaban J connectivity index is 2.46. The predicted octanol–water partition coefficient (Wildman–Crippen LogP) is 1.88. The Labute approximate surface area is 77.0 Å². The molecule has 2 rings (SSSR count). The number of nitrogens with zero attached hydrogens (tertiary/aromatic N) is 3. The fourth-order valence-electron chi connectivity index (χ4n) is 1.24. The SMILES string of the molecule is Cc1cccc(-n2cc(C)nn2)c1. The Morgan fingerprint density at radius 2 is 2.08 bits per heavy atom. The molecule has 0 radical (unpaired) electrons. The highest BCUT2D eigenvalue weighted by molar-refractivity contribution is 5.34. The van der Waals surface area contributed by atoms with E-state index in [1.54, 1.807) is 4.68 Å². The van der Waals surface area contributed by atoms with Crippen molar-refractivity contribution in [3.8, 4) is 5.69 Å². The zero-order chi connectivity index (χ0) is 9.26. The van der Waals surface area contributed by atoms with Gasteiger partial charge in [-0.2, -0.15) is 0 Å². The summed E-state index contributed by atoms with van der Waals surface area (Å²) < 4.78 is 1.78. The van der Waals surface area contributed by atoms with E-state index >= 15 is 0 Å². The normalized spacial score (nSPS) is 10.3. The molecule has 0 spiro atoms. The van der Waals surface area contributed by atoms with Crippen LogP contribution in [-0.4, -0.2) is 15.0 Å². The number of rotatable bonds is 1. The van der Waals surface area contributed by atoms with Crippen molar-refractivity contribution < 1.29 is 0 Å². The van der Waals surface area contributed by atoms with E-state index < -0.39 is 0 Å². The Kier molecular flexibility index (Phi) is 1.85. The highest BCUT2D eigenvalue weighted by atomic mass is 15.4. The van der Waals surface area contributed by atoms with Crippen molar-refractivity contribution in [2.75, 3.05) is 0 Å². The molecule has 66 valence electrons. The number of hydrogen-bond acceptors (Lipinski definition) is 2. The summed E-state index contributed by atoms with van der Waals surface area (Å²) >= 11 is 0. The molecule has 0 amide bonds. The van der Waals surface area contributed by atoms with Crippen molar-refractivity contribution in [2.45, 2.75) is 13.8 Å². The summed E-state index contributed by atoms with van der Waals surface area (Å²) in [4.78, 5) is 0. The maximum atomic E-state index is 3.99. The van der Waals surface area contributed by atoms with Gasteiger partial charge in [0.25, 0.3) is 0 Å². The topological polar surface area (TPSA) is 30.7 Å². The molecule has 0 N–H and O–H groups in total. The molecule has 0 aliphatic carbocycles. The van der Waals surface area contributed by atoms with Crippen LogP contribution in [0.3, 0.4) is 0 Å². The van der Waals surface area contributed by atoms with Crippen molar-refractivity contribution in [3.05, 3.63) is 41.7 Å². The summed E-state index contributed by atoms with van der Waals surface area (Å²) in [7, 11) is 0. The lowest BCUT2D eigenvalue weighted by atomic mass is 10.2. The van der Waals surface area contributed by atoms with Crippen LogP contribution in [0.5, 0.6) is 0 Å². The summed E-state index contributed by atoms with van der Waals surface area (Å²) in [6.07, 6.45) is 1.91. The molecule has 3 heteroatoms. The molecule has 13 heavy (non-hydrogen) atoms. The lowest BCUT2D eigenvalue weighted by Crippen LogP contribution is -1.94. The van der Waals surface area contributed by atoms with Gasteiger partial charge in [0.05, 0.1) is 17.6 Å². The van der Waals surface area contributed by atoms with Gasteiger partial charge in [-0.3, -0.25) is 0 Å². The summed E-state index contributed by atoms with van der Waals surface area (Å²) in [5, 5.41) is 7.93. The van der Waals surface area contributed by atoms with Gasteiger partial charge in [-0.1, -0.05) is 17.3 Å². The van der Waals surface area contributed by atoms with Crippen molar-refractivity contribution >= 4 is 0 Å². The molecule has 0 fully saturated rings. The van der Waals surface area contributed by atoms with Crippen LogP contribution in [0.1, 0.15) is 11.3 Å². The summed E-state index contributed by atoms with van der Waals surface area (Å²) in [6.45, 7) is 3.99. The van der Waals surface area contributed by atoms with E-state index in [-0.39, 0.29) is 0 Å². The standard InChI is InChI=1S/C10H11N3/c1-8-4-3-5-10(6-8)13-7-9(2)11-12-13/h3-7H,1-2H3. The molecule has 1 aromatic carbocycles. The average molecular weight is 173 g/mol. The first-order valence-electron chi connectivity index (χ1n) is 4.22. The van der Waals surface area contributed by atoms with Crippen molar-refractivity contribution in [1.29, 1.82) is 0 Å². The number of aryl methyl sites for hydroxylation is 2. The zero-order valence-corrected chi connectivity index (χ0v) is 7.73. The Morgan fingerprint density at radius 3 is 2.69 bits per heavy atom. The van der Waals surface area contributed by atoms with E-state index in [0.717, 1.165) is 11.4 Å². The van der Waals surface area contributed by atoms with Gasteiger partial charge < -0.3 is 0 Å². The van der Waals surface area contributed by atoms with E-state index in [4.69, 9.17) is 0 Å². The first kappa shape index (κ1) is 7.98. The monoisotopic (exact) mass is 173 g/mol. The molecular weight excluding hydrogens is 162 g/mol. The van der Waals surface area contributed by atoms with Crippen LogP contribution in [0.4, 0.5) is 0 Å². The van der Waals surface area contributed by atoms with Gasteiger partial charge in [-0.05, 0) is 31.5 Å². The van der Waals surface area contributed by atoms with E-state index in [1.807, 2.05) is 25.3 Å². The minimum absolute atomic E-state index is 0.932. The van der Waals surface area contributed by atoms with E-state index in [1.165, 1.54) is 5.56 Å². The van der Waals surface area contributed by atoms with Crippen LogP contribution >= 0.6 is 0 Å². The van der Waals surface area contributed by atoms with Crippen LogP contribution in [-0.2, 0) is 0 Å². The van der Waals surface area contributed by atoms with Gasteiger partial charge >= 0.3 is 0 Å². The van der Waals surface area contributed by atoms with Crippen LogP contribution < -0.4 is 0 Å². The third-order valence-electron chi connectivity index (χ3n) is 1.87. The quantitative estimate of drug-likeness (QED) is 0.659. The molecule has 0 saturated carbocycles.